The number of halogens is 1. The minimum atomic E-state index is -0.220. The van der Waals surface area contributed by atoms with E-state index in [-0.39, 0.29) is 11.9 Å². The highest BCUT2D eigenvalue weighted by Crippen LogP contribution is 2.21. The Morgan fingerprint density at radius 2 is 1.96 bits per heavy atom. The molecule has 3 rings (SSSR count). The van der Waals surface area contributed by atoms with E-state index < -0.39 is 0 Å². The second kappa shape index (κ2) is 8.98. The quantitative estimate of drug-likeness (QED) is 0.629. The number of rotatable bonds is 8. The number of nitrogens with one attached hydrogen (secondary N) is 3. The highest BCUT2D eigenvalue weighted by molar-refractivity contribution is 6.31. The summed E-state index contributed by atoms with van der Waals surface area (Å²) in [5.41, 5.74) is 5.48. The number of benzene rings is 2. The predicted octanol–water partition coefficient (Wildman–Crippen LogP) is 4.15. The van der Waals surface area contributed by atoms with Gasteiger partial charge in [-0.05, 0) is 53.6 Å². The summed E-state index contributed by atoms with van der Waals surface area (Å²) in [4.78, 5) is 11.9. The van der Waals surface area contributed by atoms with Crippen molar-refractivity contribution < 1.29 is 4.79 Å². The maximum atomic E-state index is 11.9. The fourth-order valence-corrected chi connectivity index (χ4v) is 3.59. The van der Waals surface area contributed by atoms with Crippen molar-refractivity contribution in [2.24, 2.45) is 0 Å². The van der Waals surface area contributed by atoms with Crippen LogP contribution in [0, 0.1) is 0 Å². The molecule has 1 amide bonds. The zero-order valence-corrected chi connectivity index (χ0v) is 16.9. The lowest BCUT2D eigenvalue weighted by Crippen LogP contribution is -2.28. The second-order valence-corrected chi connectivity index (χ2v) is 7.37. The predicted molar refractivity (Wildman–Crippen MR) is 116 cm³/mol. The molecular weight excluding hydrogens is 370 g/mol. The van der Waals surface area contributed by atoms with Crippen LogP contribution in [-0.2, 0) is 24.2 Å². The molecule has 146 valence electrons. The Bertz CT molecular complexity index is 906. The van der Waals surface area contributed by atoms with Crippen molar-refractivity contribution in [3.63, 3.8) is 0 Å². The molecule has 1 aliphatic heterocycles. The van der Waals surface area contributed by atoms with Gasteiger partial charge in [0.2, 0.25) is 5.91 Å². The van der Waals surface area contributed by atoms with E-state index in [4.69, 9.17) is 11.6 Å². The second-order valence-electron chi connectivity index (χ2n) is 6.96. The Hall–Kier alpha value is -2.72. The first kappa shape index (κ1) is 20.0. The number of amides is 1. The van der Waals surface area contributed by atoms with Crippen LogP contribution in [-0.4, -0.2) is 11.9 Å². The molecular formula is C23H26ClN3O. The van der Waals surface area contributed by atoms with E-state index in [9.17, 15) is 4.79 Å². The lowest BCUT2D eigenvalue weighted by Gasteiger charge is -2.15. The number of hydrogen-bond acceptors (Lipinski definition) is 3. The average molecular weight is 396 g/mol. The van der Waals surface area contributed by atoms with E-state index in [0.29, 0.717) is 12.4 Å². The first-order chi connectivity index (χ1) is 13.5. The van der Waals surface area contributed by atoms with E-state index in [1.54, 1.807) is 0 Å². The van der Waals surface area contributed by atoms with Crippen LogP contribution in [0.3, 0.4) is 0 Å². The number of hydrogen-bond donors (Lipinski definition) is 3. The molecule has 0 aromatic heterocycles. The van der Waals surface area contributed by atoms with Gasteiger partial charge in [0.25, 0.3) is 0 Å². The molecule has 1 unspecified atom stereocenters. The normalized spacial score (nSPS) is 15.9. The van der Waals surface area contributed by atoms with Gasteiger partial charge in [0.1, 0.15) is 6.04 Å². The molecule has 1 fully saturated rings. The molecule has 2 aromatic carbocycles. The van der Waals surface area contributed by atoms with Crippen molar-refractivity contribution in [3.8, 4) is 0 Å². The van der Waals surface area contributed by atoms with Crippen LogP contribution in [0.1, 0.15) is 35.6 Å². The van der Waals surface area contributed by atoms with Gasteiger partial charge in [-0.2, -0.15) is 0 Å². The Labute approximate surface area is 171 Å². The highest BCUT2D eigenvalue weighted by Gasteiger charge is 2.25. The summed E-state index contributed by atoms with van der Waals surface area (Å²) in [7, 11) is 0. The van der Waals surface area contributed by atoms with Gasteiger partial charge in [-0.1, -0.05) is 62.0 Å². The third kappa shape index (κ3) is 4.76. The van der Waals surface area contributed by atoms with Crippen molar-refractivity contribution in [1.29, 1.82) is 0 Å². The Balaban J connectivity index is 1.67. The Morgan fingerprint density at radius 3 is 2.64 bits per heavy atom. The van der Waals surface area contributed by atoms with Gasteiger partial charge in [0, 0.05) is 17.3 Å². The molecule has 0 bridgehead atoms. The molecule has 1 aliphatic rings. The lowest BCUT2D eigenvalue weighted by molar-refractivity contribution is -0.120. The van der Waals surface area contributed by atoms with Crippen molar-refractivity contribution in [3.05, 3.63) is 88.7 Å². The van der Waals surface area contributed by atoms with Crippen molar-refractivity contribution in [1.82, 2.24) is 16.0 Å². The maximum Gasteiger partial charge on any atom is 0.247 e. The summed E-state index contributed by atoms with van der Waals surface area (Å²) < 4.78 is 0. The molecule has 5 heteroatoms. The SMILES string of the molecule is C=C1NC(=O)C(CCc2cc(C(=C)NCc3ccccc3Cl)ccc2CC)N1. The van der Waals surface area contributed by atoms with E-state index >= 15 is 0 Å². The van der Waals surface area contributed by atoms with Crippen molar-refractivity contribution in [2.75, 3.05) is 0 Å². The molecule has 1 heterocycles. The molecule has 4 nitrogen and oxygen atoms in total. The maximum absolute atomic E-state index is 11.9. The molecule has 0 aliphatic carbocycles. The van der Waals surface area contributed by atoms with Gasteiger partial charge in [0.05, 0.1) is 5.82 Å². The molecule has 28 heavy (non-hydrogen) atoms. The number of aryl methyl sites for hydroxylation is 2. The monoisotopic (exact) mass is 395 g/mol. The Morgan fingerprint density at radius 1 is 1.18 bits per heavy atom. The molecule has 2 aromatic rings. The van der Waals surface area contributed by atoms with Gasteiger partial charge in [-0.3, -0.25) is 4.79 Å². The fourth-order valence-electron chi connectivity index (χ4n) is 3.39. The van der Waals surface area contributed by atoms with E-state index in [0.717, 1.165) is 41.1 Å². The molecule has 1 saturated heterocycles. The average Bonchev–Trinajstić information content (AvgIpc) is 3.02. The molecule has 0 radical (unpaired) electrons. The van der Waals surface area contributed by atoms with Gasteiger partial charge in [-0.25, -0.2) is 0 Å². The standard InChI is InChI=1S/C23H26ClN3O/c1-4-17-9-10-18(15(2)25-14-20-7-5-6-8-21(20)24)13-19(17)11-12-22-23(28)27-16(3)26-22/h5-10,13,22,25-26H,2-4,11-12,14H2,1H3,(H,27,28). The smallest absolute Gasteiger partial charge is 0.247 e. The first-order valence-electron chi connectivity index (χ1n) is 9.52. The van der Waals surface area contributed by atoms with Crippen LogP contribution in [0.4, 0.5) is 0 Å². The fraction of sp³-hybridized carbons (Fsp3) is 0.261. The van der Waals surface area contributed by atoms with E-state index in [2.05, 4.69) is 54.2 Å². The zero-order chi connectivity index (χ0) is 20.1. The van der Waals surface area contributed by atoms with Gasteiger partial charge in [0.15, 0.2) is 0 Å². The van der Waals surface area contributed by atoms with Gasteiger partial charge in [-0.15, -0.1) is 0 Å². The van der Waals surface area contributed by atoms with Crippen LogP contribution in [0.5, 0.6) is 0 Å². The van der Waals surface area contributed by atoms with Crippen LogP contribution in [0.25, 0.3) is 5.70 Å². The minimum Gasteiger partial charge on any atom is -0.381 e. The van der Waals surface area contributed by atoms with E-state index in [1.807, 2.05) is 24.3 Å². The third-order valence-electron chi connectivity index (χ3n) is 5.03. The number of carbonyl (C=O) groups excluding carboxylic acids is 1. The van der Waals surface area contributed by atoms with Gasteiger partial charge >= 0.3 is 0 Å². The van der Waals surface area contributed by atoms with Crippen molar-refractivity contribution in [2.45, 2.75) is 38.8 Å². The van der Waals surface area contributed by atoms with Crippen LogP contribution in [0.2, 0.25) is 5.02 Å². The minimum absolute atomic E-state index is 0.00924. The summed E-state index contributed by atoms with van der Waals surface area (Å²) in [5.74, 6) is 0.571. The zero-order valence-electron chi connectivity index (χ0n) is 16.1. The van der Waals surface area contributed by atoms with Crippen LogP contribution < -0.4 is 16.0 Å². The van der Waals surface area contributed by atoms with Gasteiger partial charge < -0.3 is 16.0 Å². The lowest BCUT2D eigenvalue weighted by atomic mass is 9.95. The van der Waals surface area contributed by atoms with E-state index in [1.165, 1.54) is 11.1 Å². The summed E-state index contributed by atoms with van der Waals surface area (Å²) in [6, 6.07) is 14.0. The molecule has 3 N–H and O–H groups in total. The Kier molecular flexibility index (Phi) is 6.42. The summed E-state index contributed by atoms with van der Waals surface area (Å²) in [6.07, 6.45) is 2.49. The molecule has 0 saturated carbocycles. The summed E-state index contributed by atoms with van der Waals surface area (Å²) >= 11 is 6.23. The highest BCUT2D eigenvalue weighted by atomic mass is 35.5. The topological polar surface area (TPSA) is 53.2 Å². The number of carbonyl (C=O) groups is 1. The van der Waals surface area contributed by atoms with Crippen molar-refractivity contribution >= 4 is 23.2 Å². The summed E-state index contributed by atoms with van der Waals surface area (Å²) in [5, 5.41) is 9.92. The first-order valence-corrected chi connectivity index (χ1v) is 9.90. The third-order valence-corrected chi connectivity index (χ3v) is 5.40. The van der Waals surface area contributed by atoms with Crippen LogP contribution >= 0.6 is 11.6 Å². The van der Waals surface area contributed by atoms with Crippen LogP contribution in [0.15, 0.2) is 61.4 Å². The molecule has 0 spiro atoms. The largest absolute Gasteiger partial charge is 0.381 e. The summed E-state index contributed by atoms with van der Waals surface area (Å²) in [6.45, 7) is 10.7. The molecule has 1 atom stereocenters.